The fourth-order valence-corrected chi connectivity index (χ4v) is 1.87. The highest BCUT2D eigenvalue weighted by atomic mass is 79.9. The average molecular weight is 298 g/mol. The van der Waals surface area contributed by atoms with E-state index in [0.717, 1.165) is 4.47 Å². The number of hydrogen-bond donors (Lipinski definition) is 3. The second-order valence-electron chi connectivity index (χ2n) is 4.10. The Morgan fingerprint density at radius 2 is 1.88 bits per heavy atom. The zero-order valence-electron chi connectivity index (χ0n) is 9.43. The lowest BCUT2D eigenvalue weighted by Crippen LogP contribution is -2.17. The number of fused-ring (bicyclic) bond motifs is 1. The molecule has 0 aliphatic carbocycles. The van der Waals surface area contributed by atoms with Gasteiger partial charge in [-0.05, 0) is 28.1 Å². The van der Waals surface area contributed by atoms with E-state index in [4.69, 9.17) is 0 Å². The van der Waals surface area contributed by atoms with Crippen molar-refractivity contribution in [1.29, 1.82) is 0 Å². The van der Waals surface area contributed by atoms with E-state index in [0.29, 0.717) is 16.7 Å². The number of imidazole rings is 1. The molecule has 0 aliphatic heterocycles. The third-order valence-corrected chi connectivity index (χ3v) is 3.04. The highest BCUT2D eigenvalue weighted by molar-refractivity contribution is 9.10. The Kier molecular flexibility index (Phi) is 3.06. The smallest absolute Gasteiger partial charge is 0.323 e. The number of benzene rings is 1. The van der Waals surface area contributed by atoms with Gasteiger partial charge in [-0.25, -0.2) is 4.79 Å². The number of aromatic amines is 2. The molecule has 1 aromatic heterocycles. The maximum Gasteiger partial charge on any atom is 0.323 e. The van der Waals surface area contributed by atoms with Gasteiger partial charge in [-0.1, -0.05) is 13.8 Å². The standard InChI is InChI=1S/C11H12BrN3O2/c1-5(2)10(16)13-7-4-9-8(3-6(7)12)14-11(17)15-9/h3-5H,1-2H3,(H,13,16)(H2,14,15,17). The summed E-state index contributed by atoms with van der Waals surface area (Å²) in [5.41, 5.74) is 1.74. The van der Waals surface area contributed by atoms with Crippen molar-refractivity contribution in [2.75, 3.05) is 5.32 Å². The van der Waals surface area contributed by atoms with Crippen LogP contribution in [0.15, 0.2) is 21.4 Å². The predicted molar refractivity (Wildman–Crippen MR) is 70.1 cm³/mol. The molecule has 0 aliphatic rings. The number of hydrogen-bond acceptors (Lipinski definition) is 2. The molecule has 90 valence electrons. The van der Waals surface area contributed by atoms with Gasteiger partial charge in [0.1, 0.15) is 0 Å². The van der Waals surface area contributed by atoms with E-state index in [-0.39, 0.29) is 17.5 Å². The first-order valence-electron chi connectivity index (χ1n) is 5.20. The van der Waals surface area contributed by atoms with Crippen LogP contribution in [0.4, 0.5) is 5.69 Å². The summed E-state index contributed by atoms with van der Waals surface area (Å²) in [6, 6.07) is 3.47. The highest BCUT2D eigenvalue weighted by Crippen LogP contribution is 2.26. The fourth-order valence-electron chi connectivity index (χ4n) is 1.43. The van der Waals surface area contributed by atoms with E-state index in [1.54, 1.807) is 12.1 Å². The van der Waals surface area contributed by atoms with Gasteiger partial charge in [0.15, 0.2) is 0 Å². The lowest BCUT2D eigenvalue weighted by molar-refractivity contribution is -0.118. The number of amides is 1. The number of carbonyl (C=O) groups excluding carboxylic acids is 1. The summed E-state index contributed by atoms with van der Waals surface area (Å²) in [6.07, 6.45) is 0. The lowest BCUT2D eigenvalue weighted by atomic mass is 10.2. The molecule has 1 heterocycles. The van der Waals surface area contributed by atoms with Gasteiger partial charge in [0, 0.05) is 10.4 Å². The van der Waals surface area contributed by atoms with Crippen LogP contribution in [0, 0.1) is 5.92 Å². The Morgan fingerprint density at radius 3 is 2.47 bits per heavy atom. The molecule has 0 saturated heterocycles. The largest absolute Gasteiger partial charge is 0.325 e. The highest BCUT2D eigenvalue weighted by Gasteiger charge is 2.11. The minimum absolute atomic E-state index is 0.0667. The molecule has 2 aromatic rings. The summed E-state index contributed by atoms with van der Waals surface area (Å²) in [7, 11) is 0. The summed E-state index contributed by atoms with van der Waals surface area (Å²) >= 11 is 3.35. The van der Waals surface area contributed by atoms with Crippen molar-refractivity contribution >= 4 is 38.6 Å². The Labute approximate surface area is 106 Å². The molecule has 0 fully saturated rings. The molecule has 0 spiro atoms. The van der Waals surface area contributed by atoms with Crippen molar-refractivity contribution in [3.63, 3.8) is 0 Å². The maximum absolute atomic E-state index is 11.6. The maximum atomic E-state index is 11.6. The average Bonchev–Trinajstić information content (AvgIpc) is 2.57. The van der Waals surface area contributed by atoms with Crippen molar-refractivity contribution in [2.45, 2.75) is 13.8 Å². The van der Waals surface area contributed by atoms with Crippen molar-refractivity contribution in [2.24, 2.45) is 5.92 Å². The van der Waals surface area contributed by atoms with Crippen LogP contribution in [0.3, 0.4) is 0 Å². The van der Waals surface area contributed by atoms with Gasteiger partial charge in [0.25, 0.3) is 0 Å². The van der Waals surface area contributed by atoms with E-state index in [9.17, 15) is 9.59 Å². The van der Waals surface area contributed by atoms with Crippen molar-refractivity contribution in [3.8, 4) is 0 Å². The summed E-state index contributed by atoms with van der Waals surface area (Å²) < 4.78 is 0.731. The first-order chi connectivity index (χ1) is 7.97. The van der Waals surface area contributed by atoms with Crippen LogP contribution in [0.1, 0.15) is 13.8 Å². The van der Waals surface area contributed by atoms with Crippen LogP contribution in [0.2, 0.25) is 0 Å². The zero-order valence-corrected chi connectivity index (χ0v) is 11.0. The van der Waals surface area contributed by atoms with E-state index < -0.39 is 0 Å². The van der Waals surface area contributed by atoms with Crippen molar-refractivity contribution in [3.05, 3.63) is 27.1 Å². The quantitative estimate of drug-likeness (QED) is 0.795. The second kappa shape index (κ2) is 4.37. The first kappa shape index (κ1) is 11.9. The number of halogens is 1. The van der Waals surface area contributed by atoms with Crippen molar-refractivity contribution in [1.82, 2.24) is 9.97 Å². The van der Waals surface area contributed by atoms with E-state index in [1.807, 2.05) is 13.8 Å². The molecular weight excluding hydrogens is 286 g/mol. The zero-order chi connectivity index (χ0) is 12.6. The number of anilines is 1. The summed E-state index contributed by atoms with van der Waals surface area (Å²) in [4.78, 5) is 28.0. The topological polar surface area (TPSA) is 77.8 Å². The van der Waals surface area contributed by atoms with Gasteiger partial charge < -0.3 is 15.3 Å². The Bertz CT molecular complexity index is 627. The third kappa shape index (κ3) is 2.41. The van der Waals surface area contributed by atoms with Gasteiger partial charge in [-0.3, -0.25) is 4.79 Å². The van der Waals surface area contributed by atoms with Crippen LogP contribution in [0.25, 0.3) is 11.0 Å². The predicted octanol–water partition coefficient (Wildman–Crippen LogP) is 2.21. The third-order valence-electron chi connectivity index (χ3n) is 2.39. The van der Waals surface area contributed by atoms with Crippen LogP contribution < -0.4 is 11.0 Å². The van der Waals surface area contributed by atoms with Gasteiger partial charge >= 0.3 is 5.69 Å². The van der Waals surface area contributed by atoms with Crippen LogP contribution in [-0.4, -0.2) is 15.9 Å². The SMILES string of the molecule is CC(C)C(=O)Nc1cc2[nH]c(=O)[nH]c2cc1Br. The Morgan fingerprint density at radius 1 is 1.29 bits per heavy atom. The number of rotatable bonds is 2. The molecule has 2 rings (SSSR count). The minimum atomic E-state index is -0.265. The van der Waals surface area contributed by atoms with Gasteiger partial charge in [0.2, 0.25) is 5.91 Å². The van der Waals surface area contributed by atoms with E-state index >= 15 is 0 Å². The van der Waals surface area contributed by atoms with Crippen LogP contribution in [-0.2, 0) is 4.79 Å². The molecule has 1 amide bonds. The number of carbonyl (C=O) groups is 1. The van der Waals surface area contributed by atoms with Crippen molar-refractivity contribution < 1.29 is 4.79 Å². The Hall–Kier alpha value is -1.56. The van der Waals surface area contributed by atoms with Gasteiger partial charge in [-0.2, -0.15) is 0 Å². The van der Waals surface area contributed by atoms with Gasteiger partial charge in [-0.15, -0.1) is 0 Å². The summed E-state index contributed by atoms with van der Waals surface area (Å²) in [6.45, 7) is 3.64. The molecular formula is C11H12BrN3O2. The van der Waals surface area contributed by atoms with Crippen LogP contribution in [0.5, 0.6) is 0 Å². The molecule has 6 heteroatoms. The normalized spacial score (nSPS) is 11.1. The van der Waals surface area contributed by atoms with Crippen LogP contribution >= 0.6 is 15.9 Å². The molecule has 3 N–H and O–H groups in total. The minimum Gasteiger partial charge on any atom is -0.325 e. The molecule has 5 nitrogen and oxygen atoms in total. The molecule has 0 radical (unpaired) electrons. The second-order valence-corrected chi connectivity index (χ2v) is 4.96. The Balaban J connectivity index is 2.43. The molecule has 1 aromatic carbocycles. The molecule has 0 saturated carbocycles. The first-order valence-corrected chi connectivity index (χ1v) is 5.99. The molecule has 0 unspecified atom stereocenters. The summed E-state index contributed by atoms with van der Waals surface area (Å²) in [5.74, 6) is -0.161. The molecule has 0 bridgehead atoms. The van der Waals surface area contributed by atoms with E-state index in [1.165, 1.54) is 0 Å². The summed E-state index contributed by atoms with van der Waals surface area (Å²) in [5, 5.41) is 2.79. The lowest BCUT2D eigenvalue weighted by Gasteiger charge is -2.09. The number of nitrogens with one attached hydrogen (secondary N) is 3. The fraction of sp³-hybridized carbons (Fsp3) is 0.273. The van der Waals surface area contributed by atoms with E-state index in [2.05, 4.69) is 31.2 Å². The molecule has 0 atom stereocenters. The number of aromatic nitrogens is 2. The van der Waals surface area contributed by atoms with Gasteiger partial charge in [0.05, 0.1) is 16.7 Å². The number of H-pyrrole nitrogens is 2. The molecule has 17 heavy (non-hydrogen) atoms. The monoisotopic (exact) mass is 297 g/mol.